The first-order chi connectivity index (χ1) is 14.0. The van der Waals surface area contributed by atoms with E-state index >= 15 is 0 Å². The first-order valence-electron chi connectivity index (χ1n) is 10.9. The zero-order valence-corrected chi connectivity index (χ0v) is 17.5. The van der Waals surface area contributed by atoms with Gasteiger partial charge in [-0.1, -0.05) is 42.0 Å². The van der Waals surface area contributed by atoms with E-state index in [4.69, 9.17) is 4.74 Å². The van der Waals surface area contributed by atoms with Gasteiger partial charge in [-0.2, -0.15) is 0 Å². The van der Waals surface area contributed by atoms with Crippen LogP contribution in [0.4, 0.5) is 0 Å². The second-order valence-electron chi connectivity index (χ2n) is 8.82. The molecule has 2 aromatic rings. The third-order valence-electron chi connectivity index (χ3n) is 6.29. The monoisotopic (exact) mass is 392 g/mol. The van der Waals surface area contributed by atoms with Crippen LogP contribution in [0.15, 0.2) is 48.5 Å². The van der Waals surface area contributed by atoms with Gasteiger partial charge < -0.3 is 15.4 Å². The topological polar surface area (TPSA) is 50.4 Å². The summed E-state index contributed by atoms with van der Waals surface area (Å²) in [6.45, 7) is 4.70. The Morgan fingerprint density at radius 2 is 1.86 bits per heavy atom. The Morgan fingerprint density at radius 3 is 2.55 bits per heavy atom. The van der Waals surface area contributed by atoms with Crippen LogP contribution < -0.4 is 15.4 Å². The molecule has 0 aliphatic carbocycles. The molecule has 154 valence electrons. The van der Waals surface area contributed by atoms with Crippen molar-refractivity contribution in [3.8, 4) is 5.75 Å². The van der Waals surface area contributed by atoms with Gasteiger partial charge in [-0.25, -0.2) is 0 Å². The van der Waals surface area contributed by atoms with Gasteiger partial charge in [-0.15, -0.1) is 0 Å². The molecule has 0 saturated carbocycles. The fraction of sp³-hybridized carbons (Fsp3) is 0.480. The molecule has 29 heavy (non-hydrogen) atoms. The molecule has 2 N–H and O–H groups in total. The van der Waals surface area contributed by atoms with Crippen molar-refractivity contribution in [2.45, 2.75) is 70.7 Å². The normalized spacial score (nSPS) is 24.1. The van der Waals surface area contributed by atoms with Gasteiger partial charge in [0.25, 0.3) is 0 Å². The highest BCUT2D eigenvalue weighted by atomic mass is 16.5. The molecule has 2 fully saturated rings. The summed E-state index contributed by atoms with van der Waals surface area (Å²) in [6.07, 6.45) is 5.49. The summed E-state index contributed by atoms with van der Waals surface area (Å²) in [4.78, 5) is 12.5. The van der Waals surface area contributed by atoms with E-state index in [9.17, 15) is 4.79 Å². The van der Waals surface area contributed by atoms with E-state index < -0.39 is 0 Å². The van der Waals surface area contributed by atoms with Crippen molar-refractivity contribution in [2.24, 2.45) is 5.92 Å². The molecular formula is C25H32N2O2. The zero-order valence-electron chi connectivity index (χ0n) is 17.5. The lowest BCUT2D eigenvalue weighted by atomic mass is 9.89. The van der Waals surface area contributed by atoms with Crippen molar-refractivity contribution in [3.05, 3.63) is 65.2 Å². The number of carbonyl (C=O) groups excluding carboxylic acids is 1. The van der Waals surface area contributed by atoms with Crippen LogP contribution in [0.5, 0.6) is 5.75 Å². The van der Waals surface area contributed by atoms with Crippen LogP contribution in [0.1, 0.15) is 61.8 Å². The first kappa shape index (κ1) is 20.0. The van der Waals surface area contributed by atoms with Gasteiger partial charge in [0.2, 0.25) is 5.91 Å². The predicted octanol–water partition coefficient (Wildman–Crippen LogP) is 4.67. The minimum atomic E-state index is 0.00626. The number of ether oxygens (including phenoxy) is 1. The lowest BCUT2D eigenvalue weighted by molar-refractivity contribution is -0.122. The number of piperidine rings is 1. The van der Waals surface area contributed by atoms with Crippen molar-refractivity contribution in [2.75, 3.05) is 0 Å². The number of hydrogen-bond donors (Lipinski definition) is 2. The summed E-state index contributed by atoms with van der Waals surface area (Å²) in [7, 11) is 0. The largest absolute Gasteiger partial charge is 0.489 e. The number of nitrogens with one attached hydrogen (secondary N) is 2. The zero-order chi connectivity index (χ0) is 20.2. The van der Waals surface area contributed by atoms with Gasteiger partial charge >= 0.3 is 0 Å². The molecule has 2 heterocycles. The number of carbonyl (C=O) groups is 1. The summed E-state index contributed by atoms with van der Waals surface area (Å²) in [5, 5.41) is 6.82. The Hall–Kier alpha value is -2.33. The van der Waals surface area contributed by atoms with E-state index in [-0.39, 0.29) is 11.9 Å². The summed E-state index contributed by atoms with van der Waals surface area (Å²) in [6, 6.07) is 17.7. The summed E-state index contributed by atoms with van der Waals surface area (Å²) in [5.41, 5.74) is 3.51. The second kappa shape index (κ2) is 9.00. The molecule has 0 radical (unpaired) electrons. The van der Waals surface area contributed by atoms with Gasteiger partial charge in [0, 0.05) is 18.5 Å². The molecule has 3 atom stereocenters. The maximum Gasteiger partial charge on any atom is 0.220 e. The maximum atomic E-state index is 12.5. The van der Waals surface area contributed by atoms with Crippen LogP contribution in [0.2, 0.25) is 0 Å². The lowest BCUT2D eigenvalue weighted by Gasteiger charge is -2.29. The standard InChI is InChI=1S/C25H32N2O2/c1-17-4-3-5-19(12-17)16-29-24-10-6-21(7-11-24)18(2)26-25(28)15-20-13-22-8-9-23(14-20)27-22/h3-7,10-12,18,20,22-23,27H,8-9,13-16H2,1-2H3,(H,26,28). The average molecular weight is 393 g/mol. The summed E-state index contributed by atoms with van der Waals surface area (Å²) >= 11 is 0. The van der Waals surface area contributed by atoms with E-state index in [1.54, 1.807) is 0 Å². The van der Waals surface area contributed by atoms with Crippen LogP contribution in [-0.4, -0.2) is 18.0 Å². The first-order valence-corrected chi connectivity index (χ1v) is 10.9. The minimum absolute atomic E-state index is 0.00626. The molecule has 2 saturated heterocycles. The number of rotatable bonds is 7. The van der Waals surface area contributed by atoms with E-state index in [0.717, 1.165) is 24.2 Å². The van der Waals surface area contributed by atoms with Crippen LogP contribution >= 0.6 is 0 Å². The van der Waals surface area contributed by atoms with Crippen LogP contribution in [0, 0.1) is 12.8 Å². The fourth-order valence-corrected chi connectivity index (χ4v) is 4.81. The van der Waals surface area contributed by atoms with E-state index in [1.165, 1.54) is 24.0 Å². The molecule has 3 unspecified atom stereocenters. The van der Waals surface area contributed by atoms with Gasteiger partial charge in [-0.05, 0) is 68.7 Å². The van der Waals surface area contributed by atoms with Crippen molar-refractivity contribution in [3.63, 3.8) is 0 Å². The summed E-state index contributed by atoms with van der Waals surface area (Å²) < 4.78 is 5.90. The third-order valence-corrected chi connectivity index (χ3v) is 6.29. The van der Waals surface area contributed by atoms with Crippen molar-refractivity contribution < 1.29 is 9.53 Å². The Morgan fingerprint density at radius 1 is 1.14 bits per heavy atom. The van der Waals surface area contributed by atoms with Gasteiger partial charge in [0.15, 0.2) is 0 Å². The molecule has 4 heteroatoms. The second-order valence-corrected chi connectivity index (χ2v) is 8.82. The number of amides is 1. The molecule has 2 aliphatic heterocycles. The highest BCUT2D eigenvalue weighted by Gasteiger charge is 2.34. The molecule has 2 aromatic carbocycles. The molecule has 4 rings (SSSR count). The van der Waals surface area contributed by atoms with Gasteiger partial charge in [0.05, 0.1) is 6.04 Å². The molecule has 2 bridgehead atoms. The fourth-order valence-electron chi connectivity index (χ4n) is 4.81. The Balaban J connectivity index is 1.25. The SMILES string of the molecule is Cc1cccc(COc2ccc(C(C)NC(=O)CC3CC4CCC(C3)N4)cc2)c1. The van der Waals surface area contributed by atoms with Crippen LogP contribution in [0.25, 0.3) is 0 Å². The van der Waals surface area contributed by atoms with Gasteiger partial charge in [0.1, 0.15) is 12.4 Å². The van der Waals surface area contributed by atoms with Crippen LogP contribution in [-0.2, 0) is 11.4 Å². The molecular weight excluding hydrogens is 360 g/mol. The predicted molar refractivity (Wildman–Crippen MR) is 116 cm³/mol. The number of benzene rings is 2. The van der Waals surface area contributed by atoms with Crippen LogP contribution in [0.3, 0.4) is 0 Å². The highest BCUT2D eigenvalue weighted by Crippen LogP contribution is 2.32. The number of aryl methyl sites for hydroxylation is 1. The molecule has 2 aliphatic rings. The number of hydrogen-bond acceptors (Lipinski definition) is 3. The quantitative estimate of drug-likeness (QED) is 0.720. The molecule has 0 spiro atoms. The van der Waals surface area contributed by atoms with Crippen molar-refractivity contribution >= 4 is 5.91 Å². The molecule has 1 amide bonds. The third kappa shape index (κ3) is 5.39. The van der Waals surface area contributed by atoms with Crippen molar-refractivity contribution in [1.82, 2.24) is 10.6 Å². The number of fused-ring (bicyclic) bond motifs is 2. The van der Waals surface area contributed by atoms with Crippen molar-refractivity contribution in [1.29, 1.82) is 0 Å². The molecule has 4 nitrogen and oxygen atoms in total. The Kier molecular flexibility index (Phi) is 6.19. The lowest BCUT2D eigenvalue weighted by Crippen LogP contribution is -2.40. The summed E-state index contributed by atoms with van der Waals surface area (Å²) in [5.74, 6) is 1.54. The average Bonchev–Trinajstić information content (AvgIpc) is 3.05. The maximum absolute atomic E-state index is 12.5. The van der Waals surface area contributed by atoms with E-state index in [0.29, 0.717) is 31.0 Å². The van der Waals surface area contributed by atoms with Gasteiger partial charge in [-0.3, -0.25) is 4.79 Å². The van der Waals surface area contributed by atoms with E-state index in [2.05, 4.69) is 41.8 Å². The Bertz CT molecular complexity index is 821. The highest BCUT2D eigenvalue weighted by molar-refractivity contribution is 5.76. The molecule has 0 aromatic heterocycles. The Labute approximate surface area is 174 Å². The van der Waals surface area contributed by atoms with E-state index in [1.807, 2.05) is 31.2 Å². The minimum Gasteiger partial charge on any atom is -0.489 e. The smallest absolute Gasteiger partial charge is 0.220 e.